The zero-order valence-electron chi connectivity index (χ0n) is 14.9. The number of nitrogen functional groups attached to an aromatic ring is 1. The van der Waals surface area contributed by atoms with Crippen LogP contribution in [0.15, 0.2) is 51.1 Å². The second-order valence-electron chi connectivity index (χ2n) is 6.28. The number of nitrogens with two attached hydrogens (primary N) is 1. The molecule has 0 unspecified atom stereocenters. The van der Waals surface area contributed by atoms with Gasteiger partial charge in [0.2, 0.25) is 0 Å². The van der Waals surface area contributed by atoms with Crippen molar-refractivity contribution in [1.82, 2.24) is 9.36 Å². The van der Waals surface area contributed by atoms with Gasteiger partial charge in [-0.2, -0.15) is 4.37 Å². The Kier molecular flexibility index (Phi) is 4.79. The van der Waals surface area contributed by atoms with Crippen molar-refractivity contribution in [2.75, 3.05) is 5.73 Å². The predicted octanol–water partition coefficient (Wildman–Crippen LogP) is 3.84. The van der Waals surface area contributed by atoms with Crippen LogP contribution in [0.1, 0.15) is 22.4 Å². The molecule has 0 saturated heterocycles. The average molecular weight is 397 g/mol. The van der Waals surface area contributed by atoms with Gasteiger partial charge in [-0.05, 0) is 53.8 Å². The molecule has 28 heavy (non-hydrogen) atoms. The maximum absolute atomic E-state index is 14.2. The Morgan fingerprint density at radius 2 is 2.14 bits per heavy atom. The number of hydrogen-bond donors (Lipinski definition) is 1. The zero-order chi connectivity index (χ0) is 19.7. The molecule has 3 aromatic heterocycles. The average Bonchev–Trinajstić information content (AvgIpc) is 3.20. The van der Waals surface area contributed by atoms with Crippen molar-refractivity contribution in [2.24, 2.45) is 0 Å². The topological polar surface area (TPSA) is 91.2 Å². The Labute approximate surface area is 163 Å². The molecule has 0 bridgehead atoms. The molecule has 4 rings (SSSR count). The third-order valence-corrected chi connectivity index (χ3v) is 5.10. The van der Waals surface area contributed by atoms with E-state index in [0.717, 1.165) is 16.6 Å². The lowest BCUT2D eigenvalue weighted by Crippen LogP contribution is -2.12. The molecule has 3 heterocycles. The van der Waals surface area contributed by atoms with Crippen LogP contribution in [0.5, 0.6) is 5.75 Å². The van der Waals surface area contributed by atoms with Gasteiger partial charge in [-0.25, -0.2) is 14.2 Å². The summed E-state index contributed by atoms with van der Waals surface area (Å²) in [5, 5.41) is 2.64. The molecule has 0 radical (unpaired) electrons. The van der Waals surface area contributed by atoms with Gasteiger partial charge in [0.25, 0.3) is 0 Å². The highest BCUT2D eigenvalue weighted by molar-refractivity contribution is 7.03. The molecular formula is C20H16FN3O3S. The van der Waals surface area contributed by atoms with E-state index < -0.39 is 11.4 Å². The molecule has 6 nitrogen and oxygen atoms in total. The van der Waals surface area contributed by atoms with Gasteiger partial charge < -0.3 is 14.9 Å². The summed E-state index contributed by atoms with van der Waals surface area (Å²) >= 11 is 1.36. The molecule has 0 aliphatic heterocycles. The number of pyridine rings is 1. The van der Waals surface area contributed by atoms with Gasteiger partial charge in [-0.15, -0.1) is 0 Å². The van der Waals surface area contributed by atoms with Gasteiger partial charge in [-0.1, -0.05) is 0 Å². The smallest absolute Gasteiger partial charge is 0.340 e. The number of halogens is 1. The lowest BCUT2D eigenvalue weighted by atomic mass is 10.00. The summed E-state index contributed by atoms with van der Waals surface area (Å²) in [5.74, 6) is -0.238. The first-order valence-corrected chi connectivity index (χ1v) is 9.34. The van der Waals surface area contributed by atoms with Crippen molar-refractivity contribution in [3.05, 3.63) is 80.5 Å². The lowest BCUT2D eigenvalue weighted by molar-refractivity contribution is 0.302. The van der Waals surface area contributed by atoms with Gasteiger partial charge >= 0.3 is 5.63 Å². The van der Waals surface area contributed by atoms with Crippen molar-refractivity contribution in [2.45, 2.75) is 20.0 Å². The van der Waals surface area contributed by atoms with Crippen LogP contribution in [-0.2, 0) is 13.0 Å². The highest BCUT2D eigenvalue weighted by atomic mass is 32.1. The molecule has 0 aliphatic carbocycles. The van der Waals surface area contributed by atoms with E-state index >= 15 is 0 Å². The van der Waals surface area contributed by atoms with Crippen LogP contribution in [0.25, 0.3) is 11.0 Å². The number of nitrogens with zero attached hydrogens (tertiary/aromatic N) is 2. The van der Waals surface area contributed by atoms with E-state index in [1.54, 1.807) is 12.1 Å². The van der Waals surface area contributed by atoms with Crippen molar-refractivity contribution in [1.29, 1.82) is 0 Å². The molecule has 4 aromatic rings. The third kappa shape index (κ3) is 3.46. The summed E-state index contributed by atoms with van der Waals surface area (Å²) in [7, 11) is 0. The number of ether oxygens (including phenoxy) is 1. The number of aromatic nitrogens is 2. The van der Waals surface area contributed by atoms with Crippen LogP contribution in [0.2, 0.25) is 0 Å². The van der Waals surface area contributed by atoms with E-state index in [4.69, 9.17) is 14.9 Å². The maximum Gasteiger partial charge on any atom is 0.340 e. The third-order valence-electron chi connectivity index (χ3n) is 4.50. The number of hydrogen-bond acceptors (Lipinski definition) is 7. The van der Waals surface area contributed by atoms with Gasteiger partial charge in [-0.3, -0.25) is 0 Å². The number of aryl methyl sites for hydroxylation is 1. The van der Waals surface area contributed by atoms with Crippen molar-refractivity contribution < 1.29 is 13.5 Å². The number of rotatable bonds is 5. The van der Waals surface area contributed by atoms with Gasteiger partial charge in [0.1, 0.15) is 17.9 Å². The molecule has 0 amide bonds. The van der Waals surface area contributed by atoms with E-state index in [0.29, 0.717) is 29.1 Å². The lowest BCUT2D eigenvalue weighted by Gasteiger charge is -2.10. The van der Waals surface area contributed by atoms with Crippen molar-refractivity contribution >= 4 is 28.3 Å². The molecule has 142 valence electrons. The molecule has 8 heteroatoms. The second-order valence-corrected chi connectivity index (χ2v) is 6.94. The van der Waals surface area contributed by atoms with Crippen LogP contribution in [0.3, 0.4) is 0 Å². The van der Waals surface area contributed by atoms with Gasteiger partial charge in [0.05, 0.1) is 5.69 Å². The highest BCUT2D eigenvalue weighted by Gasteiger charge is 2.16. The van der Waals surface area contributed by atoms with E-state index in [1.165, 1.54) is 23.8 Å². The zero-order valence-corrected chi connectivity index (χ0v) is 15.8. The molecular weight excluding hydrogens is 381 g/mol. The quantitative estimate of drug-likeness (QED) is 0.515. The summed E-state index contributed by atoms with van der Waals surface area (Å²) in [4.78, 5) is 16.2. The molecule has 0 saturated carbocycles. The summed E-state index contributed by atoms with van der Waals surface area (Å²) in [5.41, 5.74) is 7.65. The Hall–Kier alpha value is -3.26. The van der Waals surface area contributed by atoms with Crippen LogP contribution in [0, 0.1) is 12.7 Å². The Morgan fingerprint density at radius 3 is 2.93 bits per heavy atom. The minimum Gasteiger partial charge on any atom is -0.487 e. The van der Waals surface area contributed by atoms with Gasteiger partial charge in [0, 0.05) is 35.0 Å². The first-order valence-electron chi connectivity index (χ1n) is 8.50. The Bertz CT molecular complexity index is 1210. The van der Waals surface area contributed by atoms with Crippen LogP contribution in [0.4, 0.5) is 10.2 Å². The van der Waals surface area contributed by atoms with Crippen LogP contribution in [-0.4, -0.2) is 9.36 Å². The molecule has 0 aliphatic rings. The van der Waals surface area contributed by atoms with Crippen LogP contribution < -0.4 is 16.1 Å². The van der Waals surface area contributed by atoms with E-state index in [2.05, 4.69) is 9.36 Å². The fraction of sp³-hybridized carbons (Fsp3) is 0.150. The summed E-state index contributed by atoms with van der Waals surface area (Å²) in [6.45, 7) is 2.14. The molecule has 0 fully saturated rings. The largest absolute Gasteiger partial charge is 0.487 e. The van der Waals surface area contributed by atoms with Crippen molar-refractivity contribution in [3.8, 4) is 5.75 Å². The molecule has 0 spiro atoms. The predicted molar refractivity (Wildman–Crippen MR) is 105 cm³/mol. The van der Waals surface area contributed by atoms with Gasteiger partial charge in [0.15, 0.2) is 11.6 Å². The molecule has 2 N–H and O–H groups in total. The number of anilines is 1. The number of fused-ring (bicyclic) bond motifs is 1. The van der Waals surface area contributed by atoms with Crippen molar-refractivity contribution in [3.63, 3.8) is 0 Å². The first-order chi connectivity index (χ1) is 13.5. The highest BCUT2D eigenvalue weighted by Crippen LogP contribution is 2.26. The van der Waals surface area contributed by atoms with E-state index in [9.17, 15) is 9.18 Å². The van der Waals surface area contributed by atoms with E-state index in [1.807, 2.05) is 24.4 Å². The number of benzene rings is 1. The monoisotopic (exact) mass is 397 g/mol. The molecule has 1 aromatic carbocycles. The fourth-order valence-electron chi connectivity index (χ4n) is 2.97. The first kappa shape index (κ1) is 18.1. The minimum atomic E-state index is -0.618. The summed E-state index contributed by atoms with van der Waals surface area (Å²) in [6, 6.07) is 8.68. The Morgan fingerprint density at radius 1 is 1.29 bits per heavy atom. The summed E-state index contributed by atoms with van der Waals surface area (Å²) < 4.78 is 29.5. The molecule has 0 atom stereocenters. The maximum atomic E-state index is 14.2. The minimum absolute atomic E-state index is 0.0741. The second kappa shape index (κ2) is 7.40. The van der Waals surface area contributed by atoms with E-state index in [-0.39, 0.29) is 12.2 Å². The fourth-order valence-corrected chi connectivity index (χ4v) is 3.49. The Balaban J connectivity index is 1.67. The normalized spacial score (nSPS) is 11.1. The SMILES string of the molecule is Cc1c(Cc2ccnc(N)c2F)c(=O)oc2cc(OCc3ccsn3)ccc12. The standard InChI is InChI=1S/C20H16FN3O3S/c1-11-15-3-2-14(26-10-13-5-7-28-24-13)9-17(15)27-20(25)16(11)8-12-4-6-23-19(22)18(12)21/h2-7,9H,8,10H2,1H3,(H2,22,23). The van der Waals surface area contributed by atoms with Crippen LogP contribution >= 0.6 is 11.5 Å². The summed E-state index contributed by atoms with van der Waals surface area (Å²) in [6.07, 6.45) is 1.49.